The maximum Gasteiger partial charge on any atom is 0.122 e. The molecule has 2 aromatic rings. The second kappa shape index (κ2) is 9.21. The number of nitrogens with two attached hydrogens (primary N) is 1. The van der Waals surface area contributed by atoms with Crippen LogP contribution in [-0.4, -0.2) is 20.3 Å². The first-order valence-corrected chi connectivity index (χ1v) is 8.33. The quantitative estimate of drug-likeness (QED) is 0.707. The zero-order valence-electron chi connectivity index (χ0n) is 14.1. The van der Waals surface area contributed by atoms with Gasteiger partial charge in [-0.05, 0) is 61.1 Å². The summed E-state index contributed by atoms with van der Waals surface area (Å²) in [5.74, 6) is 2.23. The number of para-hydroxylation sites is 1. The van der Waals surface area contributed by atoms with Gasteiger partial charge in [-0.15, -0.1) is 0 Å². The van der Waals surface area contributed by atoms with Gasteiger partial charge >= 0.3 is 0 Å². The molecule has 0 saturated carbocycles. The Labute approximate surface area is 139 Å². The lowest BCUT2D eigenvalue weighted by Gasteiger charge is -2.16. The van der Waals surface area contributed by atoms with Gasteiger partial charge in [0.25, 0.3) is 0 Å². The Morgan fingerprint density at radius 1 is 1.09 bits per heavy atom. The van der Waals surface area contributed by atoms with Gasteiger partial charge in [-0.2, -0.15) is 0 Å². The molecule has 0 amide bonds. The second-order valence-electron chi connectivity index (χ2n) is 5.66. The Bertz CT molecular complexity index is 598. The lowest BCUT2D eigenvalue weighted by molar-refractivity contribution is 0.299. The van der Waals surface area contributed by atoms with Crippen LogP contribution in [0.2, 0.25) is 0 Å². The largest absolute Gasteiger partial charge is 0.497 e. The average molecular weight is 313 g/mol. The minimum absolute atomic E-state index is 0.343. The van der Waals surface area contributed by atoms with Gasteiger partial charge in [-0.1, -0.05) is 37.3 Å². The SMILES string of the molecule is CCc1ccccc1OCCCC(CN)c1cccc(OC)c1. The molecule has 23 heavy (non-hydrogen) atoms. The van der Waals surface area contributed by atoms with Crippen molar-refractivity contribution in [3.05, 3.63) is 59.7 Å². The summed E-state index contributed by atoms with van der Waals surface area (Å²) in [6.07, 6.45) is 2.99. The Morgan fingerprint density at radius 3 is 2.65 bits per heavy atom. The predicted octanol–water partition coefficient (Wildman–Crippen LogP) is 4.16. The minimum Gasteiger partial charge on any atom is -0.497 e. The van der Waals surface area contributed by atoms with Crippen molar-refractivity contribution in [2.75, 3.05) is 20.3 Å². The summed E-state index contributed by atoms with van der Waals surface area (Å²) in [6, 6.07) is 16.4. The smallest absolute Gasteiger partial charge is 0.122 e. The maximum absolute atomic E-state index is 5.95. The van der Waals surface area contributed by atoms with Gasteiger partial charge < -0.3 is 15.2 Å². The molecule has 2 aromatic carbocycles. The second-order valence-corrected chi connectivity index (χ2v) is 5.66. The molecular formula is C20H27NO2. The Morgan fingerprint density at radius 2 is 1.91 bits per heavy atom. The highest BCUT2D eigenvalue weighted by Gasteiger charge is 2.10. The Hall–Kier alpha value is -2.00. The lowest BCUT2D eigenvalue weighted by Crippen LogP contribution is -2.14. The molecule has 3 heteroatoms. The third-order valence-electron chi connectivity index (χ3n) is 4.16. The van der Waals surface area contributed by atoms with E-state index in [1.807, 2.05) is 24.3 Å². The summed E-state index contributed by atoms with van der Waals surface area (Å²) in [7, 11) is 1.69. The van der Waals surface area contributed by atoms with Crippen molar-refractivity contribution < 1.29 is 9.47 Å². The molecule has 1 unspecified atom stereocenters. The van der Waals surface area contributed by atoms with E-state index in [0.717, 1.165) is 37.4 Å². The van der Waals surface area contributed by atoms with Crippen LogP contribution in [-0.2, 0) is 6.42 Å². The van der Waals surface area contributed by atoms with Crippen molar-refractivity contribution in [2.45, 2.75) is 32.1 Å². The van der Waals surface area contributed by atoms with E-state index in [1.165, 1.54) is 11.1 Å². The van der Waals surface area contributed by atoms with Gasteiger partial charge in [0.2, 0.25) is 0 Å². The molecule has 0 saturated heterocycles. The highest BCUT2D eigenvalue weighted by Crippen LogP contribution is 2.24. The van der Waals surface area contributed by atoms with Crippen molar-refractivity contribution in [1.82, 2.24) is 0 Å². The number of benzene rings is 2. The standard InChI is InChI=1S/C20H27NO2/c1-3-16-8-4-5-12-20(16)23-13-7-10-18(15-21)17-9-6-11-19(14-17)22-2/h4-6,8-9,11-12,14,18H,3,7,10,13,15,21H2,1-2H3. The average Bonchev–Trinajstić information content (AvgIpc) is 2.62. The fourth-order valence-electron chi connectivity index (χ4n) is 2.76. The first-order valence-electron chi connectivity index (χ1n) is 8.33. The number of aryl methyl sites for hydroxylation is 1. The summed E-state index contributed by atoms with van der Waals surface area (Å²) in [6.45, 7) is 3.51. The van der Waals surface area contributed by atoms with Gasteiger partial charge in [0.15, 0.2) is 0 Å². The van der Waals surface area contributed by atoms with E-state index in [1.54, 1.807) is 7.11 Å². The number of rotatable bonds is 9. The molecule has 1 atom stereocenters. The molecule has 124 valence electrons. The highest BCUT2D eigenvalue weighted by atomic mass is 16.5. The van der Waals surface area contributed by atoms with Crippen molar-refractivity contribution >= 4 is 0 Å². The van der Waals surface area contributed by atoms with Crippen LogP contribution >= 0.6 is 0 Å². The van der Waals surface area contributed by atoms with Crippen LogP contribution < -0.4 is 15.2 Å². The summed E-state index contributed by atoms with van der Waals surface area (Å²) < 4.78 is 11.2. The summed E-state index contributed by atoms with van der Waals surface area (Å²) in [5, 5.41) is 0. The first kappa shape index (κ1) is 17.4. The molecule has 0 aliphatic carbocycles. The Kier molecular flexibility index (Phi) is 6.95. The van der Waals surface area contributed by atoms with E-state index in [9.17, 15) is 0 Å². The molecule has 0 bridgehead atoms. The lowest BCUT2D eigenvalue weighted by atomic mass is 9.94. The third kappa shape index (κ3) is 5.00. The van der Waals surface area contributed by atoms with Gasteiger partial charge in [0, 0.05) is 0 Å². The minimum atomic E-state index is 0.343. The molecule has 0 spiro atoms. The molecule has 2 N–H and O–H groups in total. The van der Waals surface area contributed by atoms with Crippen molar-refractivity contribution in [3.8, 4) is 11.5 Å². The van der Waals surface area contributed by atoms with Crippen LogP contribution in [0.4, 0.5) is 0 Å². The van der Waals surface area contributed by atoms with E-state index >= 15 is 0 Å². The van der Waals surface area contributed by atoms with E-state index in [4.69, 9.17) is 15.2 Å². The van der Waals surface area contributed by atoms with E-state index in [2.05, 4.69) is 31.2 Å². The van der Waals surface area contributed by atoms with Gasteiger partial charge in [0.1, 0.15) is 11.5 Å². The number of hydrogen-bond acceptors (Lipinski definition) is 3. The normalized spacial score (nSPS) is 12.0. The van der Waals surface area contributed by atoms with Gasteiger partial charge in [0.05, 0.1) is 13.7 Å². The summed E-state index contributed by atoms with van der Waals surface area (Å²) in [5.41, 5.74) is 8.45. The van der Waals surface area contributed by atoms with Crippen LogP contribution in [0.15, 0.2) is 48.5 Å². The fourth-order valence-corrected chi connectivity index (χ4v) is 2.76. The van der Waals surface area contributed by atoms with Crippen LogP contribution in [0.25, 0.3) is 0 Å². The van der Waals surface area contributed by atoms with Gasteiger partial charge in [-0.3, -0.25) is 0 Å². The third-order valence-corrected chi connectivity index (χ3v) is 4.16. The number of hydrogen-bond donors (Lipinski definition) is 1. The van der Waals surface area contributed by atoms with Crippen molar-refractivity contribution in [2.24, 2.45) is 5.73 Å². The predicted molar refractivity (Wildman–Crippen MR) is 95.3 cm³/mol. The zero-order chi connectivity index (χ0) is 16.5. The molecular weight excluding hydrogens is 286 g/mol. The number of ether oxygens (including phenoxy) is 2. The fraction of sp³-hybridized carbons (Fsp3) is 0.400. The zero-order valence-corrected chi connectivity index (χ0v) is 14.1. The molecule has 0 aliphatic rings. The van der Waals surface area contributed by atoms with Gasteiger partial charge in [-0.25, -0.2) is 0 Å². The van der Waals surface area contributed by atoms with Crippen LogP contribution in [0, 0.1) is 0 Å². The van der Waals surface area contributed by atoms with E-state index < -0.39 is 0 Å². The highest BCUT2D eigenvalue weighted by molar-refractivity contribution is 5.33. The van der Waals surface area contributed by atoms with E-state index in [-0.39, 0.29) is 0 Å². The molecule has 3 nitrogen and oxygen atoms in total. The monoisotopic (exact) mass is 313 g/mol. The molecule has 0 aliphatic heterocycles. The van der Waals surface area contributed by atoms with Crippen LogP contribution in [0.5, 0.6) is 11.5 Å². The molecule has 2 rings (SSSR count). The molecule has 0 heterocycles. The molecule has 0 radical (unpaired) electrons. The van der Waals surface area contributed by atoms with Crippen LogP contribution in [0.1, 0.15) is 36.8 Å². The molecule has 0 fully saturated rings. The summed E-state index contributed by atoms with van der Waals surface area (Å²) >= 11 is 0. The maximum atomic E-state index is 5.95. The summed E-state index contributed by atoms with van der Waals surface area (Å²) in [4.78, 5) is 0. The topological polar surface area (TPSA) is 44.5 Å². The Balaban J connectivity index is 1.86. The van der Waals surface area contributed by atoms with Crippen molar-refractivity contribution in [3.63, 3.8) is 0 Å². The number of methoxy groups -OCH3 is 1. The van der Waals surface area contributed by atoms with Crippen LogP contribution in [0.3, 0.4) is 0 Å². The first-order chi connectivity index (χ1) is 11.3. The molecule has 0 aromatic heterocycles. The van der Waals surface area contributed by atoms with Crippen molar-refractivity contribution in [1.29, 1.82) is 0 Å². The van der Waals surface area contributed by atoms with E-state index in [0.29, 0.717) is 12.5 Å².